The average molecular weight is 505 g/mol. The third-order valence-electron chi connectivity index (χ3n) is 4.56. The number of benzene rings is 1. The first kappa shape index (κ1) is 22.4. The number of rotatable bonds is 6. The Kier molecular flexibility index (Phi) is 5.55. The quantitative estimate of drug-likeness (QED) is 0.383. The Balaban J connectivity index is 1.76. The molecule has 0 unspecified atom stereocenters. The van der Waals surface area contributed by atoms with E-state index >= 15 is 0 Å². The second-order valence-electron chi connectivity index (χ2n) is 6.70. The van der Waals surface area contributed by atoms with E-state index in [1.165, 1.54) is 30.5 Å². The Labute approximate surface area is 187 Å². The number of thiophene rings is 1. The number of nitrogens with zero attached hydrogens (tertiary/aromatic N) is 2. The minimum absolute atomic E-state index is 0.0868. The number of carboxylic acids is 1. The van der Waals surface area contributed by atoms with Crippen LogP contribution in [0, 0.1) is 0 Å². The number of fused-ring (bicyclic) bond motifs is 1. The van der Waals surface area contributed by atoms with E-state index in [1.54, 1.807) is 6.07 Å². The smallest absolute Gasteiger partial charge is 0.452 e. The fourth-order valence-electron chi connectivity index (χ4n) is 3.10. The molecule has 0 amide bonds. The first-order chi connectivity index (χ1) is 15.0. The van der Waals surface area contributed by atoms with Crippen LogP contribution in [0.2, 0.25) is 5.02 Å². The molecule has 168 valence electrons. The molecule has 0 aliphatic carbocycles. The zero-order valence-electron chi connectivity index (χ0n) is 15.8. The highest BCUT2D eigenvalue weighted by molar-refractivity contribution is 7.92. The molecule has 3 aromatic heterocycles. The van der Waals surface area contributed by atoms with E-state index in [9.17, 15) is 26.4 Å². The number of carboxylic acid groups (broad SMARTS) is 1. The molecule has 32 heavy (non-hydrogen) atoms. The summed E-state index contributed by atoms with van der Waals surface area (Å²) in [5, 5.41) is 13.2. The van der Waals surface area contributed by atoms with E-state index in [0.29, 0.717) is 27.6 Å². The molecule has 13 heteroatoms. The molecule has 0 fully saturated rings. The number of aliphatic carboxylic acids is 1. The van der Waals surface area contributed by atoms with Crippen LogP contribution in [0.5, 0.6) is 0 Å². The lowest BCUT2D eigenvalue weighted by molar-refractivity contribution is -0.155. The van der Waals surface area contributed by atoms with Crippen molar-refractivity contribution in [2.75, 3.05) is 0 Å². The molecule has 0 saturated carbocycles. The van der Waals surface area contributed by atoms with Gasteiger partial charge >= 0.3 is 12.1 Å². The number of hydrogen-bond donors (Lipinski definition) is 1. The fraction of sp³-hybridized carbons (Fsp3) is 0.158. The van der Waals surface area contributed by atoms with Crippen LogP contribution in [0.3, 0.4) is 0 Å². The summed E-state index contributed by atoms with van der Waals surface area (Å²) in [5.41, 5.74) is 0.636. The maximum absolute atomic E-state index is 13.3. The SMILES string of the molecule is O=C(O)CCc1cn(S(=O)(=O)c2ccc(-c3cc(C(F)(F)F)on3)s2)c2ccc(Cl)cc12. The first-order valence-corrected chi connectivity index (χ1v) is 11.5. The lowest BCUT2D eigenvalue weighted by Crippen LogP contribution is -2.10. The van der Waals surface area contributed by atoms with E-state index in [2.05, 4.69) is 9.68 Å². The highest BCUT2D eigenvalue weighted by atomic mass is 35.5. The molecule has 4 rings (SSSR count). The van der Waals surface area contributed by atoms with Gasteiger partial charge in [-0.15, -0.1) is 11.3 Å². The lowest BCUT2D eigenvalue weighted by Gasteiger charge is -2.05. The third-order valence-corrected chi connectivity index (χ3v) is 8.04. The van der Waals surface area contributed by atoms with Crippen molar-refractivity contribution in [3.8, 4) is 10.6 Å². The maximum Gasteiger partial charge on any atom is 0.452 e. The molecule has 7 nitrogen and oxygen atoms in total. The Morgan fingerprint density at radius 3 is 2.62 bits per heavy atom. The Morgan fingerprint density at radius 2 is 1.97 bits per heavy atom. The van der Waals surface area contributed by atoms with Gasteiger partial charge in [0.05, 0.1) is 10.4 Å². The number of aryl methyl sites for hydroxylation is 1. The van der Waals surface area contributed by atoms with E-state index in [0.717, 1.165) is 15.3 Å². The summed E-state index contributed by atoms with van der Waals surface area (Å²) < 4.78 is 70.0. The van der Waals surface area contributed by atoms with E-state index in [4.69, 9.17) is 16.7 Å². The van der Waals surface area contributed by atoms with Crippen LogP contribution in [0.1, 0.15) is 17.7 Å². The third kappa shape index (κ3) is 4.12. The monoisotopic (exact) mass is 504 g/mol. The molecular formula is C19H12ClF3N2O5S2. The van der Waals surface area contributed by atoms with Gasteiger partial charge in [-0.1, -0.05) is 16.8 Å². The van der Waals surface area contributed by atoms with Crippen LogP contribution in [0.4, 0.5) is 13.2 Å². The average Bonchev–Trinajstić information content (AvgIpc) is 3.43. The highest BCUT2D eigenvalue weighted by Gasteiger charge is 2.36. The maximum atomic E-state index is 13.3. The van der Waals surface area contributed by atoms with Crippen molar-refractivity contribution in [1.29, 1.82) is 0 Å². The Hall–Kier alpha value is -2.83. The highest BCUT2D eigenvalue weighted by Crippen LogP contribution is 2.37. The van der Waals surface area contributed by atoms with Crippen molar-refractivity contribution in [3.05, 3.63) is 58.9 Å². The number of aromatic nitrogens is 2. The van der Waals surface area contributed by atoms with Gasteiger partial charge < -0.3 is 9.63 Å². The van der Waals surface area contributed by atoms with Crippen molar-refractivity contribution in [1.82, 2.24) is 9.13 Å². The van der Waals surface area contributed by atoms with Crippen LogP contribution < -0.4 is 0 Å². The molecule has 0 radical (unpaired) electrons. The van der Waals surface area contributed by atoms with Crippen molar-refractivity contribution in [3.63, 3.8) is 0 Å². The van der Waals surface area contributed by atoms with Crippen LogP contribution in [0.25, 0.3) is 21.5 Å². The summed E-state index contributed by atoms with van der Waals surface area (Å²) >= 11 is 6.76. The summed E-state index contributed by atoms with van der Waals surface area (Å²) in [4.78, 5) is 11.1. The van der Waals surface area contributed by atoms with Crippen LogP contribution in [-0.4, -0.2) is 28.6 Å². The van der Waals surface area contributed by atoms with Crippen molar-refractivity contribution >= 4 is 49.8 Å². The molecule has 0 atom stereocenters. The second kappa shape index (κ2) is 7.94. The molecule has 0 saturated heterocycles. The van der Waals surface area contributed by atoms with Gasteiger partial charge in [0.15, 0.2) is 0 Å². The van der Waals surface area contributed by atoms with Gasteiger partial charge in [0, 0.05) is 29.1 Å². The van der Waals surface area contributed by atoms with Crippen molar-refractivity contribution in [2.45, 2.75) is 23.2 Å². The molecule has 1 N–H and O–H groups in total. The van der Waals surface area contributed by atoms with Crippen molar-refractivity contribution in [2.24, 2.45) is 0 Å². The largest absolute Gasteiger partial charge is 0.481 e. The standard InChI is InChI=1S/C19H12ClF3N2O5S2/c20-11-2-3-14-12(7-11)10(1-5-17(26)27)9-25(14)32(28,29)18-6-4-15(31-18)13-8-16(30-24-13)19(21,22)23/h2-4,6-9H,1,5H2,(H,26,27). The number of halogens is 4. The van der Waals surface area contributed by atoms with Gasteiger partial charge in [0.2, 0.25) is 5.76 Å². The molecule has 0 spiro atoms. The van der Waals surface area contributed by atoms with Crippen LogP contribution in [-0.2, 0) is 27.4 Å². The Bertz CT molecular complexity index is 1440. The Morgan fingerprint density at radius 1 is 1.22 bits per heavy atom. The molecule has 0 bridgehead atoms. The zero-order valence-corrected chi connectivity index (χ0v) is 18.1. The van der Waals surface area contributed by atoms with Gasteiger partial charge in [-0.3, -0.25) is 4.79 Å². The lowest BCUT2D eigenvalue weighted by atomic mass is 10.1. The van der Waals surface area contributed by atoms with E-state index < -0.39 is 27.9 Å². The molecule has 4 aromatic rings. The topological polar surface area (TPSA) is 102 Å². The molecule has 1 aromatic carbocycles. The molecule has 0 aliphatic rings. The van der Waals surface area contributed by atoms with Gasteiger partial charge in [-0.05, 0) is 42.3 Å². The molecule has 0 aliphatic heterocycles. The minimum atomic E-state index is -4.71. The number of hydrogen-bond acceptors (Lipinski definition) is 6. The van der Waals surface area contributed by atoms with Gasteiger partial charge in [0.1, 0.15) is 9.90 Å². The van der Waals surface area contributed by atoms with Crippen LogP contribution >= 0.6 is 22.9 Å². The summed E-state index contributed by atoms with van der Waals surface area (Å²) in [5.74, 6) is -2.33. The van der Waals surface area contributed by atoms with Crippen LogP contribution in [0.15, 0.2) is 51.3 Å². The first-order valence-electron chi connectivity index (χ1n) is 8.88. The second-order valence-corrected chi connectivity index (χ2v) is 10.3. The summed E-state index contributed by atoms with van der Waals surface area (Å²) in [7, 11) is -4.14. The fourth-order valence-corrected chi connectivity index (χ4v) is 6.01. The van der Waals surface area contributed by atoms with Gasteiger partial charge in [-0.2, -0.15) is 21.6 Å². The van der Waals surface area contributed by atoms with E-state index in [1.807, 2.05) is 0 Å². The summed E-state index contributed by atoms with van der Waals surface area (Å²) in [6.07, 6.45) is -3.50. The molecular weight excluding hydrogens is 493 g/mol. The zero-order chi connectivity index (χ0) is 23.3. The molecule has 3 heterocycles. The predicted molar refractivity (Wildman–Crippen MR) is 110 cm³/mol. The minimum Gasteiger partial charge on any atom is -0.481 e. The number of alkyl halides is 3. The summed E-state index contributed by atoms with van der Waals surface area (Å²) in [6.45, 7) is 0. The van der Waals surface area contributed by atoms with E-state index in [-0.39, 0.29) is 27.6 Å². The summed E-state index contributed by atoms with van der Waals surface area (Å²) in [6, 6.07) is 7.85. The normalized spacial score (nSPS) is 12.5. The van der Waals surface area contributed by atoms with Crippen molar-refractivity contribution < 1.29 is 36.0 Å². The van der Waals surface area contributed by atoms with Gasteiger partial charge in [-0.25, -0.2) is 3.97 Å². The predicted octanol–water partition coefficient (Wildman–Crippen LogP) is 5.28. The van der Waals surface area contributed by atoms with Gasteiger partial charge in [0.25, 0.3) is 10.0 Å². The number of carbonyl (C=O) groups is 1.